The van der Waals surface area contributed by atoms with Gasteiger partial charge in [-0.2, -0.15) is 0 Å². The lowest BCUT2D eigenvalue weighted by Gasteiger charge is -2.36. The Morgan fingerprint density at radius 2 is 1.86 bits per heavy atom. The van der Waals surface area contributed by atoms with Crippen molar-refractivity contribution in [2.75, 3.05) is 0 Å². The Kier molecular flexibility index (Phi) is 4.71. The van der Waals surface area contributed by atoms with E-state index in [1.54, 1.807) is 0 Å². The van der Waals surface area contributed by atoms with Crippen molar-refractivity contribution in [3.63, 3.8) is 0 Å². The van der Waals surface area contributed by atoms with Crippen LogP contribution in [0.1, 0.15) is 59.3 Å². The zero-order valence-electron chi connectivity index (χ0n) is 13.2. The van der Waals surface area contributed by atoms with Gasteiger partial charge in [0, 0.05) is 6.42 Å². The van der Waals surface area contributed by atoms with Crippen LogP contribution in [0.2, 0.25) is 0 Å². The Morgan fingerprint density at radius 3 is 2.29 bits per heavy atom. The predicted octanol–water partition coefficient (Wildman–Crippen LogP) is 2.64. The summed E-state index contributed by atoms with van der Waals surface area (Å²) in [6, 6.07) is -0.388. The van der Waals surface area contributed by atoms with Crippen molar-refractivity contribution in [3.8, 4) is 0 Å². The van der Waals surface area contributed by atoms with Crippen molar-refractivity contribution in [1.82, 2.24) is 4.90 Å². The molecule has 2 amide bonds. The number of rotatable bonds is 4. The van der Waals surface area contributed by atoms with Crippen LogP contribution in [-0.2, 0) is 9.59 Å². The summed E-state index contributed by atoms with van der Waals surface area (Å²) in [5.41, 5.74) is 5.31. The Balaban J connectivity index is 2.30. The first-order valence-corrected chi connectivity index (χ1v) is 8.35. The first-order valence-electron chi connectivity index (χ1n) is 7.95. The van der Waals surface area contributed by atoms with Crippen molar-refractivity contribution < 1.29 is 9.59 Å². The van der Waals surface area contributed by atoms with Gasteiger partial charge in [-0.3, -0.25) is 14.5 Å². The third-order valence-corrected chi connectivity index (χ3v) is 5.68. The molecule has 2 fully saturated rings. The minimum absolute atomic E-state index is 0.0918. The van der Waals surface area contributed by atoms with Crippen LogP contribution in [0.15, 0.2) is 0 Å². The van der Waals surface area contributed by atoms with Crippen LogP contribution in [0.25, 0.3) is 0 Å². The lowest BCUT2D eigenvalue weighted by molar-refractivity contribution is -0.144. The molecule has 2 N–H and O–H groups in total. The first kappa shape index (κ1) is 16.4. The van der Waals surface area contributed by atoms with Gasteiger partial charge in [-0.1, -0.05) is 45.3 Å². The van der Waals surface area contributed by atoms with Gasteiger partial charge in [0.15, 0.2) is 0 Å². The quantitative estimate of drug-likeness (QED) is 0.640. The van der Waals surface area contributed by atoms with Crippen LogP contribution in [0, 0.1) is 17.3 Å². The molecule has 2 atom stereocenters. The predicted molar refractivity (Wildman–Crippen MR) is 86.6 cm³/mol. The normalized spacial score (nSPS) is 29.2. The highest BCUT2D eigenvalue weighted by Crippen LogP contribution is 2.42. The molecule has 118 valence electrons. The van der Waals surface area contributed by atoms with Crippen molar-refractivity contribution in [2.24, 2.45) is 23.0 Å². The summed E-state index contributed by atoms with van der Waals surface area (Å²) >= 11 is 5.21. The summed E-state index contributed by atoms with van der Waals surface area (Å²) in [6.07, 6.45) is 5.74. The highest BCUT2D eigenvalue weighted by molar-refractivity contribution is 7.80. The Morgan fingerprint density at radius 1 is 1.29 bits per heavy atom. The van der Waals surface area contributed by atoms with Crippen LogP contribution < -0.4 is 5.73 Å². The van der Waals surface area contributed by atoms with Gasteiger partial charge < -0.3 is 5.73 Å². The molecule has 1 saturated carbocycles. The molecule has 0 bridgehead atoms. The fourth-order valence-electron chi connectivity index (χ4n) is 3.62. The van der Waals surface area contributed by atoms with Crippen LogP contribution in [-0.4, -0.2) is 27.7 Å². The fraction of sp³-hybridized carbons (Fsp3) is 0.812. The number of carbonyl (C=O) groups is 2. The van der Waals surface area contributed by atoms with E-state index in [0.717, 1.165) is 25.7 Å². The number of imide groups is 1. The highest BCUT2D eigenvalue weighted by Gasteiger charge is 2.53. The smallest absolute Gasteiger partial charge is 0.236 e. The SMILES string of the molecule is CC(C)C1(C)CC(=O)N(C(C(N)=S)C2CCCCC2)C1=O. The zero-order chi connectivity index (χ0) is 15.8. The molecule has 0 aromatic carbocycles. The topological polar surface area (TPSA) is 63.4 Å². The molecule has 0 radical (unpaired) electrons. The highest BCUT2D eigenvalue weighted by atomic mass is 32.1. The number of hydrogen-bond acceptors (Lipinski definition) is 3. The van der Waals surface area contributed by atoms with Gasteiger partial charge in [0.1, 0.15) is 0 Å². The molecular formula is C16H26N2O2S. The first-order chi connectivity index (χ1) is 9.79. The second kappa shape index (κ2) is 6.03. The molecule has 0 aromatic rings. The Bertz CT molecular complexity index is 457. The van der Waals surface area contributed by atoms with Gasteiger partial charge >= 0.3 is 0 Å². The average molecular weight is 310 g/mol. The second-order valence-corrected chi connectivity index (χ2v) is 7.53. The van der Waals surface area contributed by atoms with Crippen LogP contribution in [0.3, 0.4) is 0 Å². The van der Waals surface area contributed by atoms with E-state index in [2.05, 4.69) is 0 Å². The minimum atomic E-state index is -0.616. The largest absolute Gasteiger partial charge is 0.392 e. The maximum Gasteiger partial charge on any atom is 0.236 e. The van der Waals surface area contributed by atoms with Gasteiger partial charge in [0.2, 0.25) is 11.8 Å². The maximum absolute atomic E-state index is 12.9. The van der Waals surface area contributed by atoms with E-state index in [0.29, 0.717) is 0 Å². The van der Waals surface area contributed by atoms with E-state index in [4.69, 9.17) is 18.0 Å². The second-order valence-electron chi connectivity index (χ2n) is 7.06. The third-order valence-electron chi connectivity index (χ3n) is 5.43. The van der Waals surface area contributed by atoms with Crippen molar-refractivity contribution >= 4 is 29.0 Å². The van der Waals surface area contributed by atoms with Gasteiger partial charge in [-0.15, -0.1) is 0 Å². The number of nitrogens with zero attached hydrogens (tertiary/aromatic N) is 1. The van der Waals surface area contributed by atoms with Gasteiger partial charge in [-0.05, 0) is 31.6 Å². The number of amides is 2. The number of hydrogen-bond donors (Lipinski definition) is 1. The lowest BCUT2D eigenvalue weighted by atomic mass is 9.77. The van der Waals surface area contributed by atoms with Crippen molar-refractivity contribution in [2.45, 2.75) is 65.3 Å². The van der Waals surface area contributed by atoms with Crippen molar-refractivity contribution in [1.29, 1.82) is 0 Å². The average Bonchev–Trinajstić information content (AvgIpc) is 2.65. The van der Waals surface area contributed by atoms with Crippen LogP contribution in [0.4, 0.5) is 0 Å². The van der Waals surface area contributed by atoms with E-state index >= 15 is 0 Å². The van der Waals surface area contributed by atoms with Crippen LogP contribution in [0.5, 0.6) is 0 Å². The standard InChI is InChI=1S/C16H26N2O2S/c1-10(2)16(3)9-12(19)18(15(16)20)13(14(17)21)11-7-5-4-6-8-11/h10-11,13H,4-9H2,1-3H3,(H2,17,21). The van der Waals surface area contributed by atoms with Crippen molar-refractivity contribution in [3.05, 3.63) is 0 Å². The molecule has 2 rings (SSSR count). The van der Waals surface area contributed by atoms with E-state index < -0.39 is 5.41 Å². The van der Waals surface area contributed by atoms with E-state index in [9.17, 15) is 9.59 Å². The molecule has 5 heteroatoms. The molecule has 1 aliphatic heterocycles. The van der Waals surface area contributed by atoms with Gasteiger partial charge in [0.05, 0.1) is 16.4 Å². The number of likely N-dealkylation sites (tertiary alicyclic amines) is 1. The molecule has 2 unspecified atom stereocenters. The molecule has 2 aliphatic rings. The summed E-state index contributed by atoms with van der Waals surface area (Å²) in [7, 11) is 0. The molecule has 0 spiro atoms. The summed E-state index contributed by atoms with van der Waals surface area (Å²) in [4.78, 5) is 27.0. The maximum atomic E-state index is 12.9. The number of carbonyl (C=O) groups excluding carboxylic acids is 2. The minimum Gasteiger partial charge on any atom is -0.392 e. The molecule has 1 aliphatic carbocycles. The van der Waals surface area contributed by atoms with E-state index in [1.807, 2.05) is 20.8 Å². The Labute approximate surface area is 132 Å². The number of thiocarbonyl (C=S) groups is 1. The summed E-state index contributed by atoms with van der Waals surface area (Å²) < 4.78 is 0. The summed E-state index contributed by atoms with van der Waals surface area (Å²) in [5.74, 6) is 0.154. The molecule has 0 aromatic heterocycles. The molecular weight excluding hydrogens is 284 g/mol. The molecule has 4 nitrogen and oxygen atoms in total. The van der Waals surface area contributed by atoms with Gasteiger partial charge in [0.25, 0.3) is 0 Å². The monoisotopic (exact) mass is 310 g/mol. The van der Waals surface area contributed by atoms with Gasteiger partial charge in [-0.25, -0.2) is 0 Å². The number of nitrogens with two attached hydrogens (primary N) is 1. The van der Waals surface area contributed by atoms with E-state index in [-0.39, 0.29) is 41.1 Å². The summed E-state index contributed by atoms with van der Waals surface area (Å²) in [6.45, 7) is 5.87. The van der Waals surface area contributed by atoms with E-state index in [1.165, 1.54) is 11.3 Å². The lowest BCUT2D eigenvalue weighted by Crippen LogP contribution is -2.53. The molecule has 21 heavy (non-hydrogen) atoms. The van der Waals surface area contributed by atoms with Crippen LogP contribution >= 0.6 is 12.2 Å². The third kappa shape index (κ3) is 2.85. The molecule has 1 heterocycles. The summed E-state index contributed by atoms with van der Waals surface area (Å²) in [5, 5.41) is 0. The fourth-order valence-corrected chi connectivity index (χ4v) is 3.91. The molecule has 1 saturated heterocycles. The zero-order valence-corrected chi connectivity index (χ0v) is 14.0. The Hall–Kier alpha value is -0.970.